The zero-order valence-corrected chi connectivity index (χ0v) is 9.20. The fraction of sp³-hybridized carbons (Fsp3) is 0.0769. The van der Waals surface area contributed by atoms with Crippen LogP contribution in [-0.2, 0) is 5.88 Å². The van der Waals surface area contributed by atoms with E-state index < -0.39 is 0 Å². The highest BCUT2D eigenvalue weighted by Crippen LogP contribution is 2.46. The zero-order valence-electron chi connectivity index (χ0n) is 8.44. The first kappa shape index (κ1) is 9.55. The second-order valence-corrected chi connectivity index (χ2v) is 3.80. The molecule has 0 aliphatic carbocycles. The molecule has 1 heterocycles. The van der Waals surface area contributed by atoms with E-state index in [1.54, 1.807) is 0 Å². The summed E-state index contributed by atoms with van der Waals surface area (Å²) in [6.07, 6.45) is 0. The summed E-state index contributed by atoms with van der Waals surface area (Å²) in [6, 6.07) is 13.3. The molecule has 3 heteroatoms. The van der Waals surface area contributed by atoms with Crippen molar-refractivity contribution in [3.8, 4) is 23.0 Å². The van der Waals surface area contributed by atoms with E-state index in [0.717, 1.165) is 28.6 Å². The van der Waals surface area contributed by atoms with Crippen LogP contribution in [0.3, 0.4) is 0 Å². The van der Waals surface area contributed by atoms with E-state index in [0.29, 0.717) is 5.88 Å². The minimum Gasteiger partial charge on any atom is -0.450 e. The highest BCUT2D eigenvalue weighted by molar-refractivity contribution is 6.17. The normalized spacial score (nSPS) is 12.1. The summed E-state index contributed by atoms with van der Waals surface area (Å²) in [5.74, 6) is 3.32. The molecule has 0 bridgehead atoms. The molecule has 1 aliphatic heterocycles. The summed E-state index contributed by atoms with van der Waals surface area (Å²) in [5.41, 5.74) is 0.939. The minimum absolute atomic E-state index is 0.411. The fourth-order valence-electron chi connectivity index (χ4n) is 1.71. The van der Waals surface area contributed by atoms with Crippen molar-refractivity contribution in [2.24, 2.45) is 0 Å². The van der Waals surface area contributed by atoms with Crippen molar-refractivity contribution in [1.82, 2.24) is 0 Å². The Morgan fingerprint density at radius 3 is 2.25 bits per heavy atom. The monoisotopic (exact) mass is 232 g/mol. The number of para-hydroxylation sites is 3. The smallest absolute Gasteiger partial charge is 0.174 e. The molecule has 0 unspecified atom stereocenters. The number of halogens is 1. The van der Waals surface area contributed by atoms with Crippen LogP contribution in [-0.4, -0.2) is 0 Å². The predicted molar refractivity (Wildman–Crippen MR) is 62.6 cm³/mol. The first-order valence-corrected chi connectivity index (χ1v) is 5.54. The van der Waals surface area contributed by atoms with Gasteiger partial charge in [-0.2, -0.15) is 0 Å². The summed E-state index contributed by atoms with van der Waals surface area (Å²) >= 11 is 5.86. The van der Waals surface area contributed by atoms with Gasteiger partial charge in [0, 0.05) is 5.56 Å². The van der Waals surface area contributed by atoms with Crippen LogP contribution in [0.25, 0.3) is 0 Å². The third-order valence-corrected chi connectivity index (χ3v) is 2.77. The van der Waals surface area contributed by atoms with Gasteiger partial charge < -0.3 is 9.47 Å². The van der Waals surface area contributed by atoms with Gasteiger partial charge >= 0.3 is 0 Å². The lowest BCUT2D eigenvalue weighted by atomic mass is 10.2. The van der Waals surface area contributed by atoms with Gasteiger partial charge in [0.25, 0.3) is 0 Å². The molecule has 0 radical (unpaired) electrons. The van der Waals surface area contributed by atoms with Gasteiger partial charge in [0.1, 0.15) is 0 Å². The number of hydrogen-bond donors (Lipinski definition) is 0. The largest absolute Gasteiger partial charge is 0.450 e. The standard InChI is InChI=1S/C13H9ClO2/c14-8-9-4-3-7-12-13(9)16-11-6-2-1-5-10(11)15-12/h1-7H,8H2. The lowest BCUT2D eigenvalue weighted by Gasteiger charge is -2.21. The summed E-state index contributed by atoms with van der Waals surface area (Å²) < 4.78 is 11.5. The molecule has 2 aromatic carbocycles. The second-order valence-electron chi connectivity index (χ2n) is 3.53. The van der Waals surface area contributed by atoms with Gasteiger partial charge in [-0.3, -0.25) is 0 Å². The molecule has 0 N–H and O–H groups in total. The highest BCUT2D eigenvalue weighted by atomic mass is 35.5. The topological polar surface area (TPSA) is 18.5 Å². The zero-order chi connectivity index (χ0) is 11.0. The number of ether oxygens (including phenoxy) is 2. The highest BCUT2D eigenvalue weighted by Gasteiger charge is 2.20. The van der Waals surface area contributed by atoms with Gasteiger partial charge in [0.2, 0.25) is 0 Å². The van der Waals surface area contributed by atoms with E-state index in [9.17, 15) is 0 Å². The van der Waals surface area contributed by atoms with E-state index in [1.165, 1.54) is 0 Å². The van der Waals surface area contributed by atoms with Crippen LogP contribution in [0.5, 0.6) is 23.0 Å². The summed E-state index contributed by atoms with van der Waals surface area (Å²) in [6.45, 7) is 0. The molecule has 2 aromatic rings. The molecule has 0 aromatic heterocycles. The van der Waals surface area contributed by atoms with Crippen molar-refractivity contribution < 1.29 is 9.47 Å². The third-order valence-electron chi connectivity index (χ3n) is 2.49. The van der Waals surface area contributed by atoms with E-state index in [2.05, 4.69) is 0 Å². The maximum absolute atomic E-state index is 5.86. The number of alkyl halides is 1. The quantitative estimate of drug-likeness (QED) is 0.582. The molecule has 0 atom stereocenters. The molecule has 80 valence electrons. The first-order chi connectivity index (χ1) is 7.88. The van der Waals surface area contributed by atoms with Crippen molar-refractivity contribution in [2.75, 3.05) is 0 Å². The third kappa shape index (κ3) is 1.42. The fourth-order valence-corrected chi connectivity index (χ4v) is 1.92. The Labute approximate surface area is 98.4 Å². The summed E-state index contributed by atoms with van der Waals surface area (Å²) in [4.78, 5) is 0. The molecular formula is C13H9ClO2. The van der Waals surface area contributed by atoms with Crippen molar-refractivity contribution in [3.05, 3.63) is 48.0 Å². The average molecular weight is 233 g/mol. The van der Waals surface area contributed by atoms with Gasteiger partial charge in [0.15, 0.2) is 23.0 Å². The SMILES string of the molecule is ClCc1cccc2c1Oc1ccccc1O2. The molecule has 0 saturated carbocycles. The van der Waals surface area contributed by atoms with Gasteiger partial charge in [-0.25, -0.2) is 0 Å². The molecule has 0 spiro atoms. The van der Waals surface area contributed by atoms with Crippen LogP contribution in [0, 0.1) is 0 Å². The van der Waals surface area contributed by atoms with Crippen LogP contribution < -0.4 is 9.47 Å². The minimum atomic E-state index is 0.411. The van der Waals surface area contributed by atoms with Crippen molar-refractivity contribution in [3.63, 3.8) is 0 Å². The number of fused-ring (bicyclic) bond motifs is 2. The summed E-state index contributed by atoms with van der Waals surface area (Å²) in [5, 5.41) is 0. The molecule has 3 rings (SSSR count). The Bertz CT molecular complexity index is 537. The molecule has 0 amide bonds. The maximum atomic E-state index is 5.86. The molecule has 16 heavy (non-hydrogen) atoms. The van der Waals surface area contributed by atoms with Crippen molar-refractivity contribution in [1.29, 1.82) is 0 Å². The average Bonchev–Trinajstić information content (AvgIpc) is 2.35. The predicted octanol–water partition coefficient (Wildman–Crippen LogP) is 4.32. The van der Waals surface area contributed by atoms with Crippen molar-refractivity contribution >= 4 is 11.6 Å². The van der Waals surface area contributed by atoms with E-state index >= 15 is 0 Å². The van der Waals surface area contributed by atoms with Crippen LogP contribution in [0.1, 0.15) is 5.56 Å². The molecule has 1 aliphatic rings. The van der Waals surface area contributed by atoms with Gasteiger partial charge in [-0.1, -0.05) is 24.3 Å². The Morgan fingerprint density at radius 2 is 1.50 bits per heavy atom. The van der Waals surface area contributed by atoms with Gasteiger partial charge in [0.05, 0.1) is 5.88 Å². The van der Waals surface area contributed by atoms with Gasteiger partial charge in [-0.15, -0.1) is 11.6 Å². The molecular weight excluding hydrogens is 224 g/mol. The van der Waals surface area contributed by atoms with Crippen LogP contribution in [0.15, 0.2) is 42.5 Å². The van der Waals surface area contributed by atoms with Gasteiger partial charge in [-0.05, 0) is 18.2 Å². The number of hydrogen-bond acceptors (Lipinski definition) is 2. The Hall–Kier alpha value is -1.67. The Morgan fingerprint density at radius 1 is 0.812 bits per heavy atom. The van der Waals surface area contributed by atoms with Crippen molar-refractivity contribution in [2.45, 2.75) is 5.88 Å². The molecule has 2 nitrogen and oxygen atoms in total. The molecule has 0 saturated heterocycles. The number of rotatable bonds is 1. The van der Waals surface area contributed by atoms with Crippen LogP contribution >= 0.6 is 11.6 Å². The van der Waals surface area contributed by atoms with E-state index in [1.807, 2.05) is 42.5 Å². The van der Waals surface area contributed by atoms with E-state index in [-0.39, 0.29) is 0 Å². The molecule has 0 fully saturated rings. The Kier molecular flexibility index (Phi) is 2.22. The van der Waals surface area contributed by atoms with E-state index in [4.69, 9.17) is 21.1 Å². The maximum Gasteiger partial charge on any atom is 0.174 e. The lowest BCUT2D eigenvalue weighted by molar-refractivity contribution is 0.357. The Balaban J connectivity index is 2.12. The van der Waals surface area contributed by atoms with Crippen LogP contribution in [0.2, 0.25) is 0 Å². The summed E-state index contributed by atoms with van der Waals surface area (Å²) in [7, 11) is 0. The van der Waals surface area contributed by atoms with Crippen LogP contribution in [0.4, 0.5) is 0 Å². The lowest BCUT2D eigenvalue weighted by Crippen LogP contribution is -2.00. The first-order valence-electron chi connectivity index (χ1n) is 5.01. The number of benzene rings is 2. The second kappa shape index (κ2) is 3.72.